The minimum Gasteiger partial charge on any atom is -0.493 e. The van der Waals surface area contributed by atoms with Crippen LogP contribution in [0.25, 0.3) is 0 Å². The number of nitrogens with zero attached hydrogens (tertiary/aromatic N) is 1. The maximum absolute atomic E-state index is 11.9. The Bertz CT molecular complexity index is 544. The zero-order chi connectivity index (χ0) is 17.2. The molecule has 0 bridgehead atoms. The van der Waals surface area contributed by atoms with Gasteiger partial charge in [-0.05, 0) is 38.3 Å². The van der Waals surface area contributed by atoms with Crippen molar-refractivity contribution in [2.75, 3.05) is 26.3 Å². The summed E-state index contributed by atoms with van der Waals surface area (Å²) < 4.78 is 10.8. The van der Waals surface area contributed by atoms with Gasteiger partial charge in [0.1, 0.15) is 11.3 Å². The molecule has 1 aromatic rings. The van der Waals surface area contributed by atoms with Gasteiger partial charge in [-0.15, -0.1) is 0 Å². The Kier molecular flexibility index (Phi) is 7.59. The summed E-state index contributed by atoms with van der Waals surface area (Å²) in [6, 6.07) is 7.18. The summed E-state index contributed by atoms with van der Waals surface area (Å²) in [7, 11) is 0. The molecule has 0 radical (unpaired) electrons. The number of para-hydroxylation sites is 1. The molecule has 0 spiro atoms. The summed E-state index contributed by atoms with van der Waals surface area (Å²) in [6.07, 6.45) is 5.85. The number of benzene rings is 1. The molecule has 0 N–H and O–H groups in total. The molecule has 0 atom stereocenters. The van der Waals surface area contributed by atoms with Crippen LogP contribution in [0.2, 0.25) is 0 Å². The smallest absolute Gasteiger partial charge is 0.341 e. The Morgan fingerprint density at radius 2 is 1.96 bits per heavy atom. The van der Waals surface area contributed by atoms with E-state index in [4.69, 9.17) is 9.47 Å². The third-order valence-corrected chi connectivity index (χ3v) is 4.13. The molecule has 0 aliphatic carbocycles. The third-order valence-electron chi connectivity index (χ3n) is 4.13. The van der Waals surface area contributed by atoms with Gasteiger partial charge in [-0.1, -0.05) is 25.0 Å². The molecule has 0 saturated carbocycles. The molecule has 5 nitrogen and oxygen atoms in total. The summed E-state index contributed by atoms with van der Waals surface area (Å²) in [5, 5.41) is 0. The lowest BCUT2D eigenvalue weighted by Crippen LogP contribution is -2.25. The molecule has 0 aromatic heterocycles. The van der Waals surface area contributed by atoms with E-state index in [1.54, 1.807) is 25.1 Å². The number of ether oxygens (including phenoxy) is 2. The summed E-state index contributed by atoms with van der Waals surface area (Å²) in [4.78, 5) is 25.3. The van der Waals surface area contributed by atoms with Crippen molar-refractivity contribution in [2.45, 2.75) is 45.4 Å². The van der Waals surface area contributed by atoms with Crippen LogP contribution in [0.1, 0.15) is 55.8 Å². The predicted octanol–water partition coefficient (Wildman–Crippen LogP) is 3.42. The van der Waals surface area contributed by atoms with E-state index in [1.165, 1.54) is 0 Å². The molecule has 1 fully saturated rings. The van der Waals surface area contributed by atoms with Crippen molar-refractivity contribution < 1.29 is 19.1 Å². The van der Waals surface area contributed by atoms with Crippen molar-refractivity contribution in [2.24, 2.45) is 0 Å². The number of hydrogen-bond donors (Lipinski definition) is 0. The normalized spacial score (nSPS) is 14.0. The van der Waals surface area contributed by atoms with Crippen molar-refractivity contribution in [1.82, 2.24) is 4.90 Å². The molecule has 1 amide bonds. The van der Waals surface area contributed by atoms with Crippen LogP contribution in [0.15, 0.2) is 24.3 Å². The number of hydrogen-bond acceptors (Lipinski definition) is 4. The van der Waals surface area contributed by atoms with Gasteiger partial charge in [-0.3, -0.25) is 4.79 Å². The van der Waals surface area contributed by atoms with Gasteiger partial charge in [-0.2, -0.15) is 0 Å². The fourth-order valence-electron chi connectivity index (χ4n) is 2.85. The molecular formula is C19H27NO4. The van der Waals surface area contributed by atoms with E-state index >= 15 is 0 Å². The summed E-state index contributed by atoms with van der Waals surface area (Å²) in [6.45, 7) is 4.53. The van der Waals surface area contributed by atoms with E-state index in [0.717, 1.165) is 45.2 Å². The van der Waals surface area contributed by atoms with Crippen LogP contribution in [0, 0.1) is 0 Å². The average Bonchev–Trinajstić information content (AvgIpc) is 2.99. The van der Waals surface area contributed by atoms with Crippen molar-refractivity contribution in [1.29, 1.82) is 0 Å². The van der Waals surface area contributed by atoms with E-state index in [-0.39, 0.29) is 5.97 Å². The highest BCUT2D eigenvalue weighted by molar-refractivity contribution is 5.92. The number of likely N-dealkylation sites (tertiary alicyclic amines) is 1. The lowest BCUT2D eigenvalue weighted by Gasteiger charge is -2.15. The molecule has 0 unspecified atom stereocenters. The number of carbonyl (C=O) groups is 2. The highest BCUT2D eigenvalue weighted by Crippen LogP contribution is 2.19. The first-order valence-electron chi connectivity index (χ1n) is 8.89. The first-order chi connectivity index (χ1) is 11.7. The number of unbranched alkanes of at least 4 members (excludes halogenated alkanes) is 3. The predicted molar refractivity (Wildman–Crippen MR) is 92.2 cm³/mol. The summed E-state index contributed by atoms with van der Waals surface area (Å²) in [5.74, 6) is 0.538. The fourth-order valence-corrected chi connectivity index (χ4v) is 2.85. The van der Waals surface area contributed by atoms with E-state index in [2.05, 4.69) is 0 Å². The minimum atomic E-state index is -0.344. The van der Waals surface area contributed by atoms with Crippen LogP contribution in [0.5, 0.6) is 5.75 Å². The monoisotopic (exact) mass is 333 g/mol. The maximum atomic E-state index is 11.9. The largest absolute Gasteiger partial charge is 0.493 e. The fraction of sp³-hybridized carbons (Fsp3) is 0.579. The molecule has 132 valence electrons. The van der Waals surface area contributed by atoms with Gasteiger partial charge in [0.25, 0.3) is 0 Å². The van der Waals surface area contributed by atoms with Crippen LogP contribution >= 0.6 is 0 Å². The second kappa shape index (κ2) is 9.96. The second-order valence-electron chi connectivity index (χ2n) is 5.96. The number of amides is 1. The van der Waals surface area contributed by atoms with Gasteiger partial charge in [-0.25, -0.2) is 4.79 Å². The standard InChI is InChI=1S/C19H27NO4/c1-2-23-19(22)16-10-5-6-11-17(16)24-15-8-4-3-7-13-20-14-9-12-18(20)21/h5-6,10-11H,2-4,7-9,12-15H2,1H3. The van der Waals surface area contributed by atoms with Gasteiger partial charge in [0, 0.05) is 19.5 Å². The highest BCUT2D eigenvalue weighted by atomic mass is 16.5. The molecule has 5 heteroatoms. The molecule has 1 aliphatic heterocycles. The van der Waals surface area contributed by atoms with Gasteiger partial charge in [0.05, 0.1) is 13.2 Å². The van der Waals surface area contributed by atoms with Gasteiger partial charge in [0.15, 0.2) is 0 Å². The molecule has 1 aliphatic rings. The van der Waals surface area contributed by atoms with Crippen LogP contribution in [-0.4, -0.2) is 43.1 Å². The van der Waals surface area contributed by atoms with E-state index in [1.807, 2.05) is 11.0 Å². The number of carbonyl (C=O) groups excluding carboxylic acids is 2. The Labute approximate surface area is 143 Å². The lowest BCUT2D eigenvalue weighted by atomic mass is 10.2. The topological polar surface area (TPSA) is 55.8 Å². The lowest BCUT2D eigenvalue weighted by molar-refractivity contribution is -0.127. The van der Waals surface area contributed by atoms with Gasteiger partial charge >= 0.3 is 5.97 Å². The van der Waals surface area contributed by atoms with E-state index in [9.17, 15) is 9.59 Å². The van der Waals surface area contributed by atoms with E-state index in [0.29, 0.717) is 36.9 Å². The van der Waals surface area contributed by atoms with Crippen molar-refractivity contribution in [3.8, 4) is 5.75 Å². The number of esters is 1. The van der Waals surface area contributed by atoms with Crippen molar-refractivity contribution >= 4 is 11.9 Å². The van der Waals surface area contributed by atoms with Gasteiger partial charge < -0.3 is 14.4 Å². The minimum absolute atomic E-state index is 0.300. The molecule has 1 aromatic carbocycles. The Morgan fingerprint density at radius 1 is 1.17 bits per heavy atom. The van der Waals surface area contributed by atoms with Gasteiger partial charge in [0.2, 0.25) is 5.91 Å². The Hall–Kier alpha value is -2.04. The van der Waals surface area contributed by atoms with Crippen LogP contribution in [0.4, 0.5) is 0 Å². The summed E-state index contributed by atoms with van der Waals surface area (Å²) >= 11 is 0. The van der Waals surface area contributed by atoms with Crippen LogP contribution in [0.3, 0.4) is 0 Å². The first kappa shape index (κ1) is 18.3. The average molecular weight is 333 g/mol. The zero-order valence-corrected chi connectivity index (χ0v) is 14.5. The maximum Gasteiger partial charge on any atom is 0.341 e. The Balaban J connectivity index is 1.62. The van der Waals surface area contributed by atoms with Crippen molar-refractivity contribution in [3.63, 3.8) is 0 Å². The zero-order valence-electron chi connectivity index (χ0n) is 14.5. The molecule has 1 heterocycles. The molecule has 1 saturated heterocycles. The molecule has 2 rings (SSSR count). The van der Waals surface area contributed by atoms with E-state index < -0.39 is 0 Å². The highest BCUT2D eigenvalue weighted by Gasteiger charge is 2.18. The molecule has 24 heavy (non-hydrogen) atoms. The second-order valence-corrected chi connectivity index (χ2v) is 5.96. The SMILES string of the molecule is CCOC(=O)c1ccccc1OCCCCCCN1CCCC1=O. The molecular weight excluding hydrogens is 306 g/mol. The third kappa shape index (κ3) is 5.55. The Morgan fingerprint density at radius 3 is 2.71 bits per heavy atom. The van der Waals surface area contributed by atoms with Crippen LogP contribution in [-0.2, 0) is 9.53 Å². The first-order valence-corrected chi connectivity index (χ1v) is 8.89. The quantitative estimate of drug-likeness (QED) is 0.486. The van der Waals surface area contributed by atoms with Crippen LogP contribution < -0.4 is 4.74 Å². The number of rotatable bonds is 10. The summed E-state index contributed by atoms with van der Waals surface area (Å²) in [5.41, 5.74) is 0.479. The van der Waals surface area contributed by atoms with Crippen molar-refractivity contribution in [3.05, 3.63) is 29.8 Å².